The van der Waals surface area contributed by atoms with Gasteiger partial charge in [0.25, 0.3) is 0 Å². The molecule has 29 heavy (non-hydrogen) atoms. The van der Waals surface area contributed by atoms with Crippen LogP contribution in [0.3, 0.4) is 0 Å². The van der Waals surface area contributed by atoms with E-state index in [-0.39, 0.29) is 6.61 Å². The molecule has 1 aliphatic heterocycles. The number of carbonyl (C=O) groups excluding carboxylic acids is 1. The normalized spacial score (nSPS) is 16.5. The number of piperidine rings is 1. The predicted octanol–water partition coefficient (Wildman–Crippen LogP) is 2.63. The van der Waals surface area contributed by atoms with Crippen molar-refractivity contribution in [1.29, 1.82) is 0 Å². The summed E-state index contributed by atoms with van der Waals surface area (Å²) in [5.74, 6) is 1.04. The topological polar surface area (TPSA) is 76.0 Å². The van der Waals surface area contributed by atoms with Gasteiger partial charge in [0, 0.05) is 19.5 Å². The van der Waals surface area contributed by atoms with Gasteiger partial charge < -0.3 is 25.3 Å². The van der Waals surface area contributed by atoms with E-state index in [1.54, 1.807) is 0 Å². The molecule has 0 radical (unpaired) electrons. The lowest BCUT2D eigenvalue weighted by molar-refractivity contribution is -0.132. The molecule has 0 aromatic heterocycles. The van der Waals surface area contributed by atoms with E-state index in [2.05, 4.69) is 22.0 Å². The van der Waals surface area contributed by atoms with Crippen molar-refractivity contribution >= 4 is 5.91 Å². The Kier molecular flexibility index (Phi) is 15.5. The highest BCUT2D eigenvalue weighted by Crippen LogP contribution is 2.17. The zero-order chi connectivity index (χ0) is 21.3. The number of hydrogen-bond donors (Lipinski definition) is 3. The van der Waals surface area contributed by atoms with E-state index in [0.717, 1.165) is 71.4 Å². The lowest BCUT2D eigenvalue weighted by atomic mass is 9.96. The molecule has 0 saturated carbocycles. The van der Waals surface area contributed by atoms with Crippen LogP contribution in [0.15, 0.2) is 0 Å². The van der Waals surface area contributed by atoms with Crippen molar-refractivity contribution in [3.63, 3.8) is 0 Å². The molecule has 0 unspecified atom stereocenters. The number of aliphatic hydroxyl groups is 2. The Hall–Kier alpha value is -0.690. The maximum atomic E-state index is 12.6. The zero-order valence-corrected chi connectivity index (χ0v) is 19.1. The molecule has 0 spiro atoms. The summed E-state index contributed by atoms with van der Waals surface area (Å²) in [6.07, 6.45) is 10.9. The van der Waals surface area contributed by atoms with Crippen LogP contribution >= 0.6 is 0 Å². The SMILES string of the molecule is CCCCCCN(CCCC[C@H](O)CO)CCCC(=O)N1CCC(CNC)CC1. The maximum Gasteiger partial charge on any atom is 0.222 e. The largest absolute Gasteiger partial charge is 0.394 e. The van der Waals surface area contributed by atoms with Crippen molar-refractivity contribution < 1.29 is 15.0 Å². The van der Waals surface area contributed by atoms with Crippen LogP contribution in [-0.2, 0) is 4.79 Å². The maximum absolute atomic E-state index is 12.6. The lowest BCUT2D eigenvalue weighted by Gasteiger charge is -2.32. The third kappa shape index (κ3) is 12.6. The molecule has 1 rings (SSSR count). The van der Waals surface area contributed by atoms with Crippen LogP contribution in [-0.4, -0.2) is 84.9 Å². The highest BCUT2D eigenvalue weighted by molar-refractivity contribution is 5.76. The molecule has 0 bridgehead atoms. The van der Waals surface area contributed by atoms with Gasteiger partial charge >= 0.3 is 0 Å². The van der Waals surface area contributed by atoms with Crippen molar-refractivity contribution in [1.82, 2.24) is 15.1 Å². The van der Waals surface area contributed by atoms with Gasteiger partial charge in [-0.05, 0) is 84.1 Å². The number of hydrogen-bond acceptors (Lipinski definition) is 5. The quantitative estimate of drug-likeness (QED) is 0.320. The van der Waals surface area contributed by atoms with E-state index >= 15 is 0 Å². The Morgan fingerprint density at radius 2 is 1.72 bits per heavy atom. The number of nitrogens with zero attached hydrogens (tertiary/aromatic N) is 2. The molecule has 0 aliphatic carbocycles. The summed E-state index contributed by atoms with van der Waals surface area (Å²) < 4.78 is 0. The van der Waals surface area contributed by atoms with Crippen molar-refractivity contribution in [3.8, 4) is 0 Å². The van der Waals surface area contributed by atoms with E-state index in [4.69, 9.17) is 5.11 Å². The Labute approximate surface area is 179 Å². The number of amides is 1. The van der Waals surface area contributed by atoms with Crippen LogP contribution in [0.2, 0.25) is 0 Å². The Bertz CT molecular complexity index is 401. The Morgan fingerprint density at radius 1 is 1.07 bits per heavy atom. The number of aliphatic hydroxyl groups excluding tert-OH is 2. The van der Waals surface area contributed by atoms with Crippen molar-refractivity contribution in [2.75, 3.05) is 52.9 Å². The molecule has 0 aromatic carbocycles. The molecule has 1 fully saturated rings. The van der Waals surface area contributed by atoms with Gasteiger partial charge in [-0.3, -0.25) is 4.79 Å². The summed E-state index contributed by atoms with van der Waals surface area (Å²) in [6, 6.07) is 0. The first-order valence-corrected chi connectivity index (χ1v) is 12.0. The number of nitrogens with one attached hydrogen (secondary N) is 1. The number of likely N-dealkylation sites (tertiary alicyclic amines) is 1. The molecular weight excluding hydrogens is 366 g/mol. The molecule has 3 N–H and O–H groups in total. The van der Waals surface area contributed by atoms with Gasteiger partial charge in [0.2, 0.25) is 5.91 Å². The molecule has 1 amide bonds. The van der Waals surface area contributed by atoms with E-state index in [1.165, 1.54) is 25.7 Å². The van der Waals surface area contributed by atoms with Crippen LogP contribution in [0.4, 0.5) is 0 Å². The number of carbonyl (C=O) groups is 1. The van der Waals surface area contributed by atoms with Gasteiger partial charge in [-0.1, -0.05) is 26.2 Å². The van der Waals surface area contributed by atoms with Crippen LogP contribution in [0.5, 0.6) is 0 Å². The Morgan fingerprint density at radius 3 is 2.34 bits per heavy atom. The summed E-state index contributed by atoms with van der Waals surface area (Å²) in [4.78, 5) is 17.1. The van der Waals surface area contributed by atoms with Gasteiger partial charge in [0.15, 0.2) is 0 Å². The first kappa shape index (κ1) is 26.3. The third-order valence-electron chi connectivity index (χ3n) is 6.13. The zero-order valence-electron chi connectivity index (χ0n) is 19.1. The average Bonchev–Trinajstić information content (AvgIpc) is 2.74. The second-order valence-corrected chi connectivity index (χ2v) is 8.72. The van der Waals surface area contributed by atoms with Crippen molar-refractivity contribution in [3.05, 3.63) is 0 Å². The highest BCUT2D eigenvalue weighted by Gasteiger charge is 2.22. The minimum Gasteiger partial charge on any atom is -0.394 e. The first-order valence-electron chi connectivity index (χ1n) is 12.0. The molecule has 1 aliphatic rings. The molecular formula is C23H47N3O3. The first-order chi connectivity index (χ1) is 14.1. The highest BCUT2D eigenvalue weighted by atomic mass is 16.3. The molecule has 172 valence electrons. The third-order valence-corrected chi connectivity index (χ3v) is 6.13. The monoisotopic (exact) mass is 413 g/mol. The fraction of sp³-hybridized carbons (Fsp3) is 0.957. The summed E-state index contributed by atoms with van der Waals surface area (Å²) >= 11 is 0. The van der Waals surface area contributed by atoms with Crippen molar-refractivity contribution in [2.45, 2.75) is 83.7 Å². The van der Waals surface area contributed by atoms with Crippen LogP contribution < -0.4 is 5.32 Å². The number of unbranched alkanes of at least 4 members (excludes halogenated alkanes) is 4. The second-order valence-electron chi connectivity index (χ2n) is 8.72. The average molecular weight is 414 g/mol. The standard InChI is InChI=1S/C23H47N3O3/c1-3-4-5-7-14-25(15-8-6-10-22(28)20-27)16-9-11-23(29)26-17-12-21(13-18-26)19-24-2/h21-22,24,27-28H,3-20H2,1-2H3/t22-/m0/s1. The fourth-order valence-electron chi connectivity index (χ4n) is 4.19. The van der Waals surface area contributed by atoms with Crippen LogP contribution in [0.1, 0.15) is 77.6 Å². The van der Waals surface area contributed by atoms with Gasteiger partial charge in [0.1, 0.15) is 0 Å². The smallest absolute Gasteiger partial charge is 0.222 e. The molecule has 1 saturated heterocycles. The minimum atomic E-state index is -0.581. The molecule has 0 aromatic rings. The summed E-state index contributed by atoms with van der Waals surface area (Å²) in [5.41, 5.74) is 0. The van der Waals surface area contributed by atoms with Crippen molar-refractivity contribution in [2.24, 2.45) is 5.92 Å². The van der Waals surface area contributed by atoms with Gasteiger partial charge in [-0.2, -0.15) is 0 Å². The molecule has 6 nitrogen and oxygen atoms in total. The van der Waals surface area contributed by atoms with Gasteiger partial charge in [0.05, 0.1) is 12.7 Å². The van der Waals surface area contributed by atoms with E-state index in [9.17, 15) is 9.90 Å². The van der Waals surface area contributed by atoms with E-state index < -0.39 is 6.10 Å². The van der Waals surface area contributed by atoms with Gasteiger partial charge in [-0.25, -0.2) is 0 Å². The molecule has 6 heteroatoms. The van der Waals surface area contributed by atoms with E-state index in [1.807, 2.05) is 7.05 Å². The summed E-state index contributed by atoms with van der Waals surface area (Å²) in [7, 11) is 2.00. The summed E-state index contributed by atoms with van der Waals surface area (Å²) in [5, 5.41) is 21.7. The van der Waals surface area contributed by atoms with Crippen LogP contribution in [0, 0.1) is 5.92 Å². The lowest BCUT2D eigenvalue weighted by Crippen LogP contribution is -2.40. The minimum absolute atomic E-state index is 0.144. The Balaban J connectivity index is 2.27. The van der Waals surface area contributed by atoms with Gasteiger partial charge in [-0.15, -0.1) is 0 Å². The molecule has 1 heterocycles. The van der Waals surface area contributed by atoms with Crippen LogP contribution in [0.25, 0.3) is 0 Å². The number of rotatable bonds is 17. The predicted molar refractivity (Wildman–Crippen MR) is 120 cm³/mol. The second kappa shape index (κ2) is 17.0. The fourth-order valence-corrected chi connectivity index (χ4v) is 4.19. The van der Waals surface area contributed by atoms with E-state index in [0.29, 0.717) is 24.7 Å². The molecule has 1 atom stereocenters. The summed E-state index contributed by atoms with van der Waals surface area (Å²) in [6.45, 7) is 8.09.